The number of nitrogens with zero attached hydrogens (tertiary/aromatic N) is 1. The number of anilines is 2. The summed E-state index contributed by atoms with van der Waals surface area (Å²) in [4.78, 5) is 4.22. The fourth-order valence-electron chi connectivity index (χ4n) is 2.22. The summed E-state index contributed by atoms with van der Waals surface area (Å²) < 4.78 is 38.2. The molecule has 0 atom stereocenters. The van der Waals surface area contributed by atoms with Crippen LogP contribution in [0.25, 0.3) is 0 Å². The summed E-state index contributed by atoms with van der Waals surface area (Å²) in [5.41, 5.74) is 0.846. The number of pyridine rings is 1. The molecule has 0 saturated carbocycles. The zero-order chi connectivity index (χ0) is 17.0. The molecule has 7 nitrogen and oxygen atoms in total. The van der Waals surface area contributed by atoms with E-state index < -0.39 is 10.0 Å². The van der Waals surface area contributed by atoms with Gasteiger partial charge in [-0.2, -0.15) is 0 Å². The minimum Gasteiger partial charge on any atom is -0.486 e. The Morgan fingerprint density at radius 1 is 1.12 bits per heavy atom. The van der Waals surface area contributed by atoms with Crippen LogP contribution in [0.1, 0.15) is 13.3 Å². The van der Waals surface area contributed by atoms with E-state index >= 15 is 0 Å². The van der Waals surface area contributed by atoms with E-state index in [1.807, 2.05) is 0 Å². The predicted octanol–water partition coefficient (Wildman–Crippen LogP) is 2.48. The fourth-order valence-corrected chi connectivity index (χ4v) is 3.24. The van der Waals surface area contributed by atoms with Crippen molar-refractivity contribution in [3.63, 3.8) is 0 Å². The Hall–Kier alpha value is -2.48. The molecule has 0 bridgehead atoms. The molecule has 0 saturated heterocycles. The van der Waals surface area contributed by atoms with Gasteiger partial charge < -0.3 is 14.8 Å². The van der Waals surface area contributed by atoms with Crippen molar-refractivity contribution in [1.82, 2.24) is 4.98 Å². The minimum absolute atomic E-state index is 0.0988. The first-order chi connectivity index (χ1) is 11.6. The van der Waals surface area contributed by atoms with Crippen LogP contribution in [-0.2, 0) is 10.0 Å². The molecule has 0 radical (unpaired) electrons. The van der Waals surface area contributed by atoms with E-state index in [4.69, 9.17) is 9.47 Å². The molecule has 2 N–H and O–H groups in total. The van der Waals surface area contributed by atoms with Crippen LogP contribution < -0.4 is 19.5 Å². The van der Waals surface area contributed by atoms with Gasteiger partial charge >= 0.3 is 0 Å². The van der Waals surface area contributed by atoms with Crippen LogP contribution in [-0.4, -0.2) is 33.2 Å². The Labute approximate surface area is 141 Å². The lowest BCUT2D eigenvalue weighted by atomic mass is 10.3. The maximum atomic E-state index is 12.5. The van der Waals surface area contributed by atoms with Crippen molar-refractivity contribution in [3.05, 3.63) is 36.5 Å². The molecule has 128 valence electrons. The van der Waals surface area contributed by atoms with E-state index in [1.54, 1.807) is 24.4 Å². The van der Waals surface area contributed by atoms with Crippen LogP contribution in [0.5, 0.6) is 11.5 Å². The molecule has 0 unspecified atom stereocenters. The second-order valence-electron chi connectivity index (χ2n) is 5.27. The molecular formula is C16H19N3O4S. The van der Waals surface area contributed by atoms with Gasteiger partial charge in [0, 0.05) is 12.6 Å². The molecule has 0 aliphatic carbocycles. The fraction of sp³-hybridized carbons (Fsp3) is 0.312. The molecule has 0 fully saturated rings. The maximum absolute atomic E-state index is 12.5. The molecule has 8 heteroatoms. The van der Waals surface area contributed by atoms with Gasteiger partial charge in [0.1, 0.15) is 19.0 Å². The number of nitrogens with one attached hydrogen (secondary N) is 2. The Balaban J connectivity index is 1.76. The highest BCUT2D eigenvalue weighted by Crippen LogP contribution is 2.32. The van der Waals surface area contributed by atoms with Gasteiger partial charge in [-0.25, -0.2) is 13.4 Å². The van der Waals surface area contributed by atoms with Gasteiger partial charge in [-0.05, 0) is 30.7 Å². The van der Waals surface area contributed by atoms with Crippen LogP contribution in [0.3, 0.4) is 0 Å². The number of hydrogen-bond acceptors (Lipinski definition) is 6. The van der Waals surface area contributed by atoms with Crippen LogP contribution in [0.2, 0.25) is 0 Å². The lowest BCUT2D eigenvalue weighted by molar-refractivity contribution is 0.171. The summed E-state index contributed by atoms with van der Waals surface area (Å²) in [5, 5.41) is 3.18. The van der Waals surface area contributed by atoms with Crippen LogP contribution in [0, 0.1) is 0 Å². The molecule has 2 heterocycles. The standard InChI is InChI=1S/C16H19N3O4S/c1-2-7-17-12-3-6-16(18-11-12)19-24(20,21)13-4-5-14-15(10-13)23-9-8-22-14/h3-6,10-11,17H,2,7-9H2,1H3,(H,18,19). The van der Waals surface area contributed by atoms with Gasteiger partial charge in [0.05, 0.1) is 16.8 Å². The summed E-state index contributed by atoms with van der Waals surface area (Å²) in [7, 11) is -3.75. The molecule has 1 aromatic heterocycles. The number of aromatic nitrogens is 1. The summed E-state index contributed by atoms with van der Waals surface area (Å²) in [5.74, 6) is 1.23. The van der Waals surface area contributed by atoms with Crippen molar-refractivity contribution < 1.29 is 17.9 Å². The van der Waals surface area contributed by atoms with E-state index in [0.717, 1.165) is 18.7 Å². The van der Waals surface area contributed by atoms with Crippen molar-refractivity contribution in [1.29, 1.82) is 0 Å². The second-order valence-corrected chi connectivity index (χ2v) is 6.95. The third-order valence-corrected chi connectivity index (χ3v) is 4.76. The second kappa shape index (κ2) is 6.96. The molecule has 0 spiro atoms. The van der Waals surface area contributed by atoms with Crippen LogP contribution in [0.4, 0.5) is 11.5 Å². The zero-order valence-electron chi connectivity index (χ0n) is 13.3. The van der Waals surface area contributed by atoms with E-state index in [0.29, 0.717) is 24.7 Å². The monoisotopic (exact) mass is 349 g/mol. The number of ether oxygens (including phenoxy) is 2. The highest BCUT2D eigenvalue weighted by molar-refractivity contribution is 7.92. The van der Waals surface area contributed by atoms with E-state index in [-0.39, 0.29) is 10.7 Å². The molecule has 3 rings (SSSR count). The van der Waals surface area contributed by atoms with Gasteiger partial charge in [-0.3, -0.25) is 4.72 Å². The highest BCUT2D eigenvalue weighted by atomic mass is 32.2. The number of rotatable bonds is 6. The Kier molecular flexibility index (Phi) is 4.75. The van der Waals surface area contributed by atoms with Gasteiger partial charge in [-0.15, -0.1) is 0 Å². The van der Waals surface area contributed by atoms with Crippen LogP contribution >= 0.6 is 0 Å². The van der Waals surface area contributed by atoms with E-state index in [1.165, 1.54) is 12.1 Å². The molecule has 1 aliphatic heterocycles. The van der Waals surface area contributed by atoms with Gasteiger partial charge in [0.15, 0.2) is 11.5 Å². The average molecular weight is 349 g/mol. The summed E-state index contributed by atoms with van der Waals surface area (Å²) in [6, 6.07) is 7.92. The molecule has 1 aliphatic rings. The third kappa shape index (κ3) is 3.70. The first-order valence-electron chi connectivity index (χ1n) is 7.71. The quantitative estimate of drug-likeness (QED) is 0.833. The summed E-state index contributed by atoms with van der Waals surface area (Å²) in [6.07, 6.45) is 2.59. The smallest absolute Gasteiger partial charge is 0.263 e. The molecule has 1 aromatic carbocycles. The lowest BCUT2D eigenvalue weighted by Crippen LogP contribution is -2.17. The number of hydrogen-bond donors (Lipinski definition) is 2. The van der Waals surface area contributed by atoms with Gasteiger partial charge in [-0.1, -0.05) is 6.92 Å². The molecule has 24 heavy (non-hydrogen) atoms. The highest BCUT2D eigenvalue weighted by Gasteiger charge is 2.19. The first-order valence-corrected chi connectivity index (χ1v) is 9.19. The number of sulfonamides is 1. The van der Waals surface area contributed by atoms with E-state index in [9.17, 15) is 8.42 Å². The number of fused-ring (bicyclic) bond motifs is 1. The SMILES string of the molecule is CCCNc1ccc(NS(=O)(=O)c2ccc3c(c2)OCCO3)nc1. The average Bonchev–Trinajstić information content (AvgIpc) is 2.60. The molecule has 2 aromatic rings. The Bertz CT molecular complexity index is 807. The van der Waals surface area contributed by atoms with Crippen molar-refractivity contribution in [2.45, 2.75) is 18.2 Å². The summed E-state index contributed by atoms with van der Waals surface area (Å²) >= 11 is 0. The predicted molar refractivity (Wildman–Crippen MR) is 91.3 cm³/mol. The normalized spacial score (nSPS) is 13.4. The topological polar surface area (TPSA) is 89.5 Å². The summed E-state index contributed by atoms with van der Waals surface area (Å²) in [6.45, 7) is 3.76. The minimum atomic E-state index is -3.75. The largest absolute Gasteiger partial charge is 0.486 e. The van der Waals surface area contributed by atoms with Crippen LogP contribution in [0.15, 0.2) is 41.4 Å². The first kappa shape index (κ1) is 16.4. The van der Waals surface area contributed by atoms with Gasteiger partial charge in [0.25, 0.3) is 10.0 Å². The number of benzene rings is 1. The molecular weight excluding hydrogens is 330 g/mol. The van der Waals surface area contributed by atoms with Crippen molar-refractivity contribution >= 4 is 21.5 Å². The maximum Gasteiger partial charge on any atom is 0.263 e. The lowest BCUT2D eigenvalue weighted by Gasteiger charge is -2.19. The Morgan fingerprint density at radius 3 is 2.62 bits per heavy atom. The zero-order valence-corrected chi connectivity index (χ0v) is 14.1. The Morgan fingerprint density at radius 2 is 1.92 bits per heavy atom. The van der Waals surface area contributed by atoms with Crippen molar-refractivity contribution in [3.8, 4) is 11.5 Å². The molecule has 0 amide bonds. The van der Waals surface area contributed by atoms with E-state index in [2.05, 4.69) is 21.9 Å². The van der Waals surface area contributed by atoms with Crippen molar-refractivity contribution in [2.75, 3.05) is 29.8 Å². The van der Waals surface area contributed by atoms with Gasteiger partial charge in [0.2, 0.25) is 0 Å². The third-order valence-electron chi connectivity index (χ3n) is 3.41. The van der Waals surface area contributed by atoms with Crippen molar-refractivity contribution in [2.24, 2.45) is 0 Å².